The number of amides is 1. The molecule has 1 heterocycles. The van der Waals surface area contributed by atoms with Crippen molar-refractivity contribution in [1.29, 1.82) is 0 Å². The molecule has 1 unspecified atom stereocenters. The molecule has 20 heavy (non-hydrogen) atoms. The Morgan fingerprint density at radius 3 is 3.00 bits per heavy atom. The van der Waals surface area contributed by atoms with Crippen molar-refractivity contribution in [1.82, 2.24) is 10.6 Å². The molecule has 1 aromatic rings. The number of aliphatic carboxylic acids is 1. The van der Waals surface area contributed by atoms with Gasteiger partial charge in [0.25, 0.3) is 5.91 Å². The number of fused-ring (bicyclic) bond motifs is 1. The van der Waals surface area contributed by atoms with E-state index in [-0.39, 0.29) is 5.91 Å². The summed E-state index contributed by atoms with van der Waals surface area (Å²) in [5.74, 6) is -1.38. The topological polar surface area (TPSA) is 78.4 Å². The van der Waals surface area contributed by atoms with Crippen LogP contribution in [0.5, 0.6) is 0 Å². The van der Waals surface area contributed by atoms with E-state index >= 15 is 0 Å². The summed E-state index contributed by atoms with van der Waals surface area (Å²) in [5.41, 5.74) is 2.99. The molecule has 1 aliphatic rings. The summed E-state index contributed by atoms with van der Waals surface area (Å²) in [6.07, 6.45) is 1.29. The van der Waals surface area contributed by atoms with Crippen LogP contribution in [0.25, 0.3) is 0 Å². The molecule has 0 saturated carbocycles. The molecule has 108 valence electrons. The highest BCUT2D eigenvalue weighted by atomic mass is 16.4. The monoisotopic (exact) mass is 276 g/mol. The van der Waals surface area contributed by atoms with Crippen LogP contribution in [0.1, 0.15) is 34.8 Å². The third-order valence-corrected chi connectivity index (χ3v) is 3.67. The molecule has 1 atom stereocenters. The van der Waals surface area contributed by atoms with Crippen LogP contribution in [-0.2, 0) is 17.8 Å². The normalized spacial score (nSPS) is 15.2. The fourth-order valence-electron chi connectivity index (χ4n) is 2.37. The van der Waals surface area contributed by atoms with Gasteiger partial charge in [0.2, 0.25) is 0 Å². The predicted octanol–water partition coefficient (Wildman–Crippen LogP) is 1.17. The van der Waals surface area contributed by atoms with Gasteiger partial charge in [-0.2, -0.15) is 0 Å². The van der Waals surface area contributed by atoms with Gasteiger partial charge in [-0.25, -0.2) is 0 Å². The second-order valence-electron chi connectivity index (χ2n) is 5.15. The zero-order chi connectivity index (χ0) is 14.5. The van der Waals surface area contributed by atoms with E-state index < -0.39 is 11.9 Å². The lowest BCUT2D eigenvalue weighted by molar-refractivity contribution is -0.141. The Labute approximate surface area is 118 Å². The number of carboxylic acids is 1. The fraction of sp³-hybridized carbons (Fsp3) is 0.467. The van der Waals surface area contributed by atoms with E-state index in [1.165, 1.54) is 5.56 Å². The standard InChI is InChI=1S/C15H20N2O3/c1-10(15(19)20)5-8-17-14(18)13-4-2-3-11-9-16-7-6-12(11)13/h2-4,10,16H,5-9H2,1H3,(H,17,18)(H,19,20). The van der Waals surface area contributed by atoms with Crippen LogP contribution >= 0.6 is 0 Å². The van der Waals surface area contributed by atoms with E-state index in [0.29, 0.717) is 18.5 Å². The first-order valence-corrected chi connectivity index (χ1v) is 6.92. The van der Waals surface area contributed by atoms with Crippen LogP contribution in [-0.4, -0.2) is 30.1 Å². The lowest BCUT2D eigenvalue weighted by Gasteiger charge is -2.20. The number of rotatable bonds is 5. The molecule has 0 aliphatic carbocycles. The van der Waals surface area contributed by atoms with Crippen molar-refractivity contribution in [3.05, 3.63) is 34.9 Å². The van der Waals surface area contributed by atoms with Gasteiger partial charge in [-0.05, 0) is 36.6 Å². The number of carboxylic acid groups (broad SMARTS) is 1. The Bertz CT molecular complexity index is 514. The SMILES string of the molecule is CC(CCNC(=O)c1cccc2c1CCNC2)C(=O)O. The molecule has 0 radical (unpaired) electrons. The quantitative estimate of drug-likeness (QED) is 0.754. The molecule has 0 bridgehead atoms. The Balaban J connectivity index is 1.98. The average Bonchev–Trinajstić information content (AvgIpc) is 2.46. The maximum Gasteiger partial charge on any atom is 0.306 e. The van der Waals surface area contributed by atoms with Gasteiger partial charge in [-0.3, -0.25) is 9.59 Å². The van der Waals surface area contributed by atoms with Gasteiger partial charge in [0, 0.05) is 18.7 Å². The summed E-state index contributed by atoms with van der Waals surface area (Å²) in [6, 6.07) is 5.76. The van der Waals surface area contributed by atoms with E-state index in [1.807, 2.05) is 18.2 Å². The Morgan fingerprint density at radius 1 is 1.45 bits per heavy atom. The highest BCUT2D eigenvalue weighted by Gasteiger charge is 2.17. The molecule has 1 aromatic carbocycles. The molecule has 3 N–H and O–H groups in total. The minimum absolute atomic E-state index is 0.110. The summed E-state index contributed by atoms with van der Waals surface area (Å²) >= 11 is 0. The number of hydrogen-bond acceptors (Lipinski definition) is 3. The van der Waals surface area contributed by atoms with Crippen molar-refractivity contribution in [2.24, 2.45) is 5.92 Å². The summed E-state index contributed by atoms with van der Waals surface area (Å²) in [7, 11) is 0. The van der Waals surface area contributed by atoms with Crippen LogP contribution in [0.3, 0.4) is 0 Å². The van der Waals surface area contributed by atoms with Crippen molar-refractivity contribution in [2.75, 3.05) is 13.1 Å². The van der Waals surface area contributed by atoms with E-state index in [4.69, 9.17) is 5.11 Å². The predicted molar refractivity (Wildman–Crippen MR) is 75.6 cm³/mol. The van der Waals surface area contributed by atoms with Crippen molar-refractivity contribution < 1.29 is 14.7 Å². The second-order valence-corrected chi connectivity index (χ2v) is 5.15. The molecule has 5 heteroatoms. The van der Waals surface area contributed by atoms with E-state index in [9.17, 15) is 9.59 Å². The molecule has 1 aliphatic heterocycles. The summed E-state index contributed by atoms with van der Waals surface area (Å²) in [6.45, 7) is 3.71. The summed E-state index contributed by atoms with van der Waals surface area (Å²) in [4.78, 5) is 22.9. The van der Waals surface area contributed by atoms with Crippen molar-refractivity contribution in [3.63, 3.8) is 0 Å². The van der Waals surface area contributed by atoms with E-state index in [0.717, 1.165) is 25.1 Å². The van der Waals surface area contributed by atoms with Crippen LogP contribution < -0.4 is 10.6 Å². The lowest BCUT2D eigenvalue weighted by Crippen LogP contribution is -2.30. The Morgan fingerprint density at radius 2 is 2.25 bits per heavy atom. The van der Waals surface area contributed by atoms with Gasteiger partial charge in [0.15, 0.2) is 0 Å². The highest BCUT2D eigenvalue weighted by Crippen LogP contribution is 2.18. The fourth-order valence-corrected chi connectivity index (χ4v) is 2.37. The van der Waals surface area contributed by atoms with Crippen molar-refractivity contribution in [2.45, 2.75) is 26.3 Å². The van der Waals surface area contributed by atoms with Gasteiger partial charge < -0.3 is 15.7 Å². The highest BCUT2D eigenvalue weighted by molar-refractivity contribution is 5.96. The lowest BCUT2D eigenvalue weighted by atomic mass is 9.95. The minimum atomic E-state index is -0.831. The third kappa shape index (κ3) is 3.36. The zero-order valence-electron chi connectivity index (χ0n) is 11.6. The molecular formula is C15H20N2O3. The molecule has 0 aromatic heterocycles. The largest absolute Gasteiger partial charge is 0.481 e. The van der Waals surface area contributed by atoms with Gasteiger partial charge in [0.1, 0.15) is 0 Å². The zero-order valence-corrected chi connectivity index (χ0v) is 11.6. The number of carbonyl (C=O) groups excluding carboxylic acids is 1. The molecular weight excluding hydrogens is 256 g/mol. The Kier molecular flexibility index (Phi) is 4.74. The van der Waals surface area contributed by atoms with Gasteiger partial charge in [-0.1, -0.05) is 19.1 Å². The van der Waals surface area contributed by atoms with Crippen LogP contribution in [0.4, 0.5) is 0 Å². The van der Waals surface area contributed by atoms with Crippen molar-refractivity contribution >= 4 is 11.9 Å². The van der Waals surface area contributed by atoms with E-state index in [1.54, 1.807) is 6.92 Å². The number of hydrogen-bond donors (Lipinski definition) is 3. The van der Waals surface area contributed by atoms with Gasteiger partial charge >= 0.3 is 5.97 Å². The summed E-state index contributed by atoms with van der Waals surface area (Å²) < 4.78 is 0. The Hall–Kier alpha value is -1.88. The second kappa shape index (κ2) is 6.52. The van der Waals surface area contributed by atoms with Gasteiger partial charge in [0.05, 0.1) is 5.92 Å². The van der Waals surface area contributed by atoms with Crippen LogP contribution in [0, 0.1) is 5.92 Å². The first kappa shape index (κ1) is 14.5. The molecule has 0 saturated heterocycles. The molecule has 5 nitrogen and oxygen atoms in total. The number of benzene rings is 1. The smallest absolute Gasteiger partial charge is 0.306 e. The minimum Gasteiger partial charge on any atom is -0.481 e. The maximum absolute atomic E-state index is 12.2. The average molecular weight is 276 g/mol. The molecule has 0 spiro atoms. The first-order valence-electron chi connectivity index (χ1n) is 6.92. The van der Waals surface area contributed by atoms with Gasteiger partial charge in [-0.15, -0.1) is 0 Å². The third-order valence-electron chi connectivity index (χ3n) is 3.67. The first-order chi connectivity index (χ1) is 9.59. The van der Waals surface area contributed by atoms with E-state index in [2.05, 4.69) is 10.6 Å². The number of carbonyl (C=O) groups is 2. The van der Waals surface area contributed by atoms with Crippen molar-refractivity contribution in [3.8, 4) is 0 Å². The number of nitrogens with one attached hydrogen (secondary N) is 2. The summed E-state index contributed by atoms with van der Waals surface area (Å²) in [5, 5.41) is 14.9. The molecule has 1 amide bonds. The molecule has 2 rings (SSSR count). The van der Waals surface area contributed by atoms with Crippen LogP contribution in [0.2, 0.25) is 0 Å². The maximum atomic E-state index is 12.2. The molecule has 0 fully saturated rings. The van der Waals surface area contributed by atoms with Crippen LogP contribution in [0.15, 0.2) is 18.2 Å².